The van der Waals surface area contributed by atoms with Crippen molar-refractivity contribution in [1.29, 1.82) is 0 Å². The fourth-order valence-electron chi connectivity index (χ4n) is 11.4. The number of carbonyl (C=O) groups excluding carboxylic acids is 1. The Labute approximate surface area is 315 Å². The average Bonchev–Trinajstić information content (AvgIpc) is 3.43. The first-order valence-corrected chi connectivity index (χ1v) is 19.9. The molecule has 1 aromatic heterocycles. The van der Waals surface area contributed by atoms with Crippen molar-refractivity contribution in [2.75, 3.05) is 11.4 Å². The summed E-state index contributed by atoms with van der Waals surface area (Å²) in [7, 11) is 0. The van der Waals surface area contributed by atoms with Gasteiger partial charge in [-0.1, -0.05) is 24.4 Å². The van der Waals surface area contributed by atoms with E-state index in [1.54, 1.807) is 4.90 Å². The van der Waals surface area contributed by atoms with Crippen LogP contribution in [0.5, 0.6) is 5.75 Å². The minimum atomic E-state index is -5.00. The number of aromatic nitrogens is 2. The molecule has 0 radical (unpaired) electrons. The summed E-state index contributed by atoms with van der Waals surface area (Å²) in [5, 5.41) is 17.1. The predicted octanol–water partition coefficient (Wildman–Crippen LogP) is 8.35. The number of oxime groups is 1. The van der Waals surface area contributed by atoms with Crippen molar-refractivity contribution in [3.63, 3.8) is 0 Å². The number of amides is 1. The maximum absolute atomic E-state index is 14.8. The smallest absolute Gasteiger partial charge is 0.434 e. The molecule has 1 amide bonds. The number of aliphatic carboxylic acids is 1. The standard InChI is InChI=1S/C40H46F5N5O5/c41-38(42)18-26(19-38)49-55-28-6-4-27(5-7-28)54-29-8-9-32-31(17-29)37(10-2-1-3-11-37)21-50(32)36-46-20-30(33(47-36)40(43,44)45)34(51)48-39(35(52)53)24-13-22-12-23(15-24)16-25(39)14-22/h8-9,17,20,22-25,27-28H,1-7,10-16,18-19,21H2,(H,48,51)(H,52,53)/t22?,23?,24?,25?,27-,28-,39?. The van der Waals surface area contributed by atoms with Crippen LogP contribution >= 0.6 is 0 Å². The van der Waals surface area contributed by atoms with Gasteiger partial charge in [-0.05, 0) is 118 Å². The van der Waals surface area contributed by atoms with Crippen LogP contribution < -0.4 is 15.0 Å². The van der Waals surface area contributed by atoms with E-state index in [1.165, 1.54) is 0 Å². The minimum Gasteiger partial charge on any atom is -0.490 e. The molecule has 15 heteroatoms. The number of benzene rings is 1. The highest BCUT2D eigenvalue weighted by atomic mass is 19.4. The quantitative estimate of drug-likeness (QED) is 0.203. The molecule has 0 atom stereocenters. The number of nitrogens with zero attached hydrogens (tertiary/aromatic N) is 4. The summed E-state index contributed by atoms with van der Waals surface area (Å²) in [6, 6.07) is 5.64. The van der Waals surface area contributed by atoms with Crippen LogP contribution in [0.3, 0.4) is 0 Å². The zero-order valence-corrected chi connectivity index (χ0v) is 30.6. The molecule has 7 fully saturated rings. The molecular formula is C40H46F5N5O5. The van der Waals surface area contributed by atoms with Gasteiger partial charge in [0, 0.05) is 23.8 Å². The molecule has 2 heterocycles. The predicted molar refractivity (Wildman–Crippen MR) is 189 cm³/mol. The fraction of sp³-hybridized carbons (Fsp3) is 0.675. The first-order valence-electron chi connectivity index (χ1n) is 19.9. The van der Waals surface area contributed by atoms with Crippen molar-refractivity contribution in [2.24, 2.45) is 28.8 Å². The normalized spacial score (nSPS) is 32.8. The lowest BCUT2D eigenvalue weighted by Crippen LogP contribution is -2.70. The summed E-state index contributed by atoms with van der Waals surface area (Å²) in [5.41, 5.74) is -2.08. The van der Waals surface area contributed by atoms with Gasteiger partial charge in [-0.25, -0.2) is 23.5 Å². The molecule has 7 aliphatic carbocycles. The molecule has 10 rings (SSSR count). The van der Waals surface area contributed by atoms with Crippen molar-refractivity contribution in [1.82, 2.24) is 15.3 Å². The Bertz CT molecular complexity index is 1850. The van der Waals surface area contributed by atoms with Gasteiger partial charge in [0.05, 0.1) is 30.2 Å². The Balaban J connectivity index is 0.948. The van der Waals surface area contributed by atoms with Crippen LogP contribution in [0.4, 0.5) is 33.6 Å². The Morgan fingerprint density at radius 2 is 1.58 bits per heavy atom. The van der Waals surface area contributed by atoms with Crippen molar-refractivity contribution in [3.8, 4) is 5.75 Å². The van der Waals surface area contributed by atoms with E-state index in [9.17, 15) is 36.6 Å². The molecule has 296 valence electrons. The van der Waals surface area contributed by atoms with E-state index in [2.05, 4.69) is 20.4 Å². The van der Waals surface area contributed by atoms with Crippen molar-refractivity contribution < 1.29 is 46.2 Å². The molecule has 55 heavy (non-hydrogen) atoms. The number of fused-ring (bicyclic) bond motifs is 2. The SMILES string of the molecule is O=C(NC1(C(=O)O)C2CC3CC(C2)CC1C3)c1cnc(N2CC3(CCCCC3)c3cc(O[C@H]4CC[C@H](ON=C5CC(F)(F)C5)CC4)ccc32)nc1C(F)(F)F. The number of rotatable bonds is 8. The van der Waals surface area contributed by atoms with E-state index in [1.807, 2.05) is 18.2 Å². The second kappa shape index (κ2) is 13.3. The number of hydrogen-bond acceptors (Lipinski definition) is 8. The van der Waals surface area contributed by atoms with Gasteiger partial charge < -0.3 is 24.9 Å². The van der Waals surface area contributed by atoms with Crippen LogP contribution in [0.2, 0.25) is 0 Å². The highest BCUT2D eigenvalue weighted by molar-refractivity contribution is 5.99. The minimum absolute atomic E-state index is 0.0890. The second-order valence-electron chi connectivity index (χ2n) is 17.5. The lowest BCUT2D eigenvalue weighted by molar-refractivity contribution is -0.163. The van der Waals surface area contributed by atoms with Crippen LogP contribution in [0, 0.1) is 23.7 Å². The lowest BCUT2D eigenvalue weighted by atomic mass is 9.48. The van der Waals surface area contributed by atoms with Crippen LogP contribution in [-0.4, -0.2) is 62.9 Å². The lowest BCUT2D eigenvalue weighted by Gasteiger charge is -2.59. The van der Waals surface area contributed by atoms with Gasteiger partial charge in [0.1, 0.15) is 17.4 Å². The van der Waals surface area contributed by atoms with Crippen molar-refractivity contribution in [2.45, 2.75) is 138 Å². The number of carboxylic acids is 1. The van der Waals surface area contributed by atoms with Gasteiger partial charge in [-0.15, -0.1) is 0 Å². The van der Waals surface area contributed by atoms with Gasteiger partial charge in [0.15, 0.2) is 5.69 Å². The Morgan fingerprint density at radius 1 is 0.927 bits per heavy atom. The molecule has 1 spiro atoms. The Hall–Kier alpha value is -4.04. The first-order chi connectivity index (χ1) is 26.2. The molecule has 2 N–H and O–H groups in total. The Morgan fingerprint density at radius 3 is 2.20 bits per heavy atom. The van der Waals surface area contributed by atoms with Gasteiger partial charge >= 0.3 is 12.1 Å². The summed E-state index contributed by atoms with van der Waals surface area (Å²) in [5.74, 6) is -4.38. The number of anilines is 2. The monoisotopic (exact) mass is 771 g/mol. The number of halogens is 5. The highest BCUT2D eigenvalue weighted by Gasteiger charge is 2.62. The largest absolute Gasteiger partial charge is 0.490 e. The van der Waals surface area contributed by atoms with Crippen LogP contribution in [0.15, 0.2) is 29.6 Å². The molecule has 1 aromatic carbocycles. The number of hydrogen-bond donors (Lipinski definition) is 2. The first kappa shape index (κ1) is 36.6. The second-order valence-corrected chi connectivity index (χ2v) is 17.5. The van der Waals surface area contributed by atoms with Crippen LogP contribution in [0.1, 0.15) is 124 Å². The molecule has 1 aliphatic heterocycles. The summed E-state index contributed by atoms with van der Waals surface area (Å²) >= 11 is 0. The molecule has 7 saturated carbocycles. The summed E-state index contributed by atoms with van der Waals surface area (Å²) < 4.78 is 77.1. The molecule has 8 aliphatic rings. The zero-order chi connectivity index (χ0) is 38.3. The summed E-state index contributed by atoms with van der Waals surface area (Å²) in [6.45, 7) is 0.374. The van der Waals surface area contributed by atoms with E-state index in [0.717, 1.165) is 50.3 Å². The molecule has 0 saturated heterocycles. The number of ether oxygens (including phenoxy) is 1. The Kier molecular flexibility index (Phi) is 8.84. The topological polar surface area (TPSA) is 126 Å². The third-order valence-electron chi connectivity index (χ3n) is 13.9. The van der Waals surface area contributed by atoms with Crippen molar-refractivity contribution >= 4 is 29.2 Å². The third kappa shape index (κ3) is 6.50. The molecular weight excluding hydrogens is 725 g/mol. The molecule has 2 aromatic rings. The van der Waals surface area contributed by atoms with E-state index in [-0.39, 0.29) is 48.2 Å². The van der Waals surface area contributed by atoms with E-state index < -0.39 is 40.8 Å². The van der Waals surface area contributed by atoms with Crippen LogP contribution in [-0.2, 0) is 21.2 Å². The maximum Gasteiger partial charge on any atom is 0.434 e. The number of carbonyl (C=O) groups is 2. The highest BCUT2D eigenvalue weighted by Crippen LogP contribution is 2.59. The number of nitrogens with one attached hydrogen (secondary N) is 1. The summed E-state index contributed by atoms with van der Waals surface area (Å²) in [6.07, 6.45) is 5.98. The fourth-order valence-corrected chi connectivity index (χ4v) is 11.4. The summed E-state index contributed by atoms with van der Waals surface area (Å²) in [4.78, 5) is 42.3. The maximum atomic E-state index is 14.8. The molecule has 4 bridgehead atoms. The zero-order valence-electron chi connectivity index (χ0n) is 30.6. The average molecular weight is 772 g/mol. The third-order valence-corrected chi connectivity index (χ3v) is 13.9. The van der Waals surface area contributed by atoms with Gasteiger partial charge in [-0.2, -0.15) is 13.2 Å². The van der Waals surface area contributed by atoms with E-state index in [0.29, 0.717) is 86.9 Å². The van der Waals surface area contributed by atoms with Crippen molar-refractivity contribution in [3.05, 3.63) is 41.2 Å². The van der Waals surface area contributed by atoms with Gasteiger partial charge in [0.25, 0.3) is 11.8 Å². The van der Waals surface area contributed by atoms with E-state index >= 15 is 0 Å². The van der Waals surface area contributed by atoms with Gasteiger partial charge in [-0.3, -0.25) is 4.79 Å². The molecule has 10 nitrogen and oxygen atoms in total. The van der Waals surface area contributed by atoms with Crippen LogP contribution in [0.25, 0.3) is 0 Å². The number of carboxylic acid groups (broad SMARTS) is 1. The molecule has 0 unspecified atom stereocenters. The van der Waals surface area contributed by atoms with Gasteiger partial charge in [0.2, 0.25) is 5.95 Å². The van der Waals surface area contributed by atoms with E-state index in [4.69, 9.17) is 9.57 Å². The number of alkyl halides is 5.